The molecule has 0 saturated heterocycles. The smallest absolute Gasteiger partial charge is 0.222 e. The number of nitrogens with one attached hydrogen (secondary N) is 1. The summed E-state index contributed by atoms with van der Waals surface area (Å²) in [6.45, 7) is 1.89. The molecule has 16 heavy (non-hydrogen) atoms. The average molecular weight is 221 g/mol. The van der Waals surface area contributed by atoms with Gasteiger partial charge in [-0.3, -0.25) is 4.79 Å². The predicted molar refractivity (Wildman–Crippen MR) is 58.7 cm³/mol. The second kappa shape index (κ2) is 3.57. The molecule has 0 bridgehead atoms. The molecule has 86 valence electrons. The van der Waals surface area contributed by atoms with E-state index in [0.29, 0.717) is 6.41 Å². The molecule has 1 unspecified atom stereocenters. The number of benzene rings is 1. The molecule has 0 aliphatic heterocycles. The lowest BCUT2D eigenvalue weighted by Gasteiger charge is -2.55. The number of hydrogen-bond acceptors (Lipinski definition) is 3. The predicted octanol–water partition coefficient (Wildman–Crippen LogP) is 1.11. The normalized spacial score (nSPS) is 25.4. The maximum absolute atomic E-state index is 10.7. The van der Waals surface area contributed by atoms with E-state index in [1.54, 1.807) is 14.2 Å². The highest BCUT2D eigenvalue weighted by atomic mass is 16.7. The molecule has 1 aromatic rings. The molecule has 0 spiro atoms. The molecule has 1 atom stereocenters. The van der Waals surface area contributed by atoms with Gasteiger partial charge in [-0.05, 0) is 12.5 Å². The van der Waals surface area contributed by atoms with Crippen molar-refractivity contribution < 1.29 is 14.3 Å². The van der Waals surface area contributed by atoms with E-state index >= 15 is 0 Å². The lowest BCUT2D eigenvalue weighted by atomic mass is 9.66. The lowest BCUT2D eigenvalue weighted by Crippen LogP contribution is -2.66. The van der Waals surface area contributed by atoms with Crippen molar-refractivity contribution in [2.24, 2.45) is 0 Å². The first-order valence-corrected chi connectivity index (χ1v) is 5.08. The number of hydrogen-bond donors (Lipinski definition) is 1. The van der Waals surface area contributed by atoms with E-state index in [1.807, 2.05) is 31.2 Å². The van der Waals surface area contributed by atoms with Crippen LogP contribution in [0.15, 0.2) is 24.3 Å². The Balaban J connectivity index is 2.57. The highest BCUT2D eigenvalue weighted by Crippen LogP contribution is 2.54. The Bertz CT molecular complexity index is 414. The number of methoxy groups -OCH3 is 2. The molecule has 4 heteroatoms. The third-order valence-electron chi connectivity index (χ3n) is 3.40. The van der Waals surface area contributed by atoms with Crippen molar-refractivity contribution in [2.75, 3.05) is 14.2 Å². The van der Waals surface area contributed by atoms with Crippen LogP contribution < -0.4 is 5.32 Å². The summed E-state index contributed by atoms with van der Waals surface area (Å²) in [5.41, 5.74) is 1.33. The summed E-state index contributed by atoms with van der Waals surface area (Å²) in [6, 6.07) is 7.75. The molecule has 0 aromatic heterocycles. The number of amides is 1. The van der Waals surface area contributed by atoms with Gasteiger partial charge in [-0.25, -0.2) is 0 Å². The fourth-order valence-electron chi connectivity index (χ4n) is 2.59. The summed E-state index contributed by atoms with van der Waals surface area (Å²) in [5.74, 6) is -0.898. The van der Waals surface area contributed by atoms with Gasteiger partial charge >= 0.3 is 0 Å². The number of carbonyl (C=O) groups is 1. The number of rotatable bonds is 4. The molecule has 0 heterocycles. The van der Waals surface area contributed by atoms with Crippen LogP contribution in [0.2, 0.25) is 0 Å². The van der Waals surface area contributed by atoms with E-state index < -0.39 is 11.3 Å². The molecule has 0 radical (unpaired) electrons. The van der Waals surface area contributed by atoms with Gasteiger partial charge in [0.05, 0.1) is 0 Å². The summed E-state index contributed by atoms with van der Waals surface area (Å²) >= 11 is 0. The van der Waals surface area contributed by atoms with Crippen LogP contribution in [0.3, 0.4) is 0 Å². The van der Waals surface area contributed by atoms with Gasteiger partial charge in [0.15, 0.2) is 0 Å². The zero-order valence-electron chi connectivity index (χ0n) is 9.61. The number of carbonyl (C=O) groups excluding carboxylic acids is 1. The lowest BCUT2D eigenvalue weighted by molar-refractivity contribution is -0.285. The second-order valence-corrected chi connectivity index (χ2v) is 3.96. The second-order valence-electron chi connectivity index (χ2n) is 3.96. The zero-order chi connectivity index (χ0) is 11.8. The van der Waals surface area contributed by atoms with Gasteiger partial charge in [0.25, 0.3) is 0 Å². The molecule has 0 fully saturated rings. The van der Waals surface area contributed by atoms with Crippen molar-refractivity contribution >= 4 is 6.41 Å². The average Bonchev–Trinajstić information content (AvgIpc) is 2.31. The van der Waals surface area contributed by atoms with E-state index in [9.17, 15) is 4.79 Å². The van der Waals surface area contributed by atoms with Gasteiger partial charge in [-0.2, -0.15) is 0 Å². The minimum atomic E-state index is -0.898. The highest BCUT2D eigenvalue weighted by Gasteiger charge is 2.62. The summed E-state index contributed by atoms with van der Waals surface area (Å²) < 4.78 is 10.9. The van der Waals surface area contributed by atoms with Crippen molar-refractivity contribution in [3.63, 3.8) is 0 Å². The SMILES string of the molecule is COC1(OC)c2ccccc2C1(C)NC=O. The number of fused-ring (bicyclic) bond motifs is 1. The molecule has 4 nitrogen and oxygen atoms in total. The quantitative estimate of drug-likeness (QED) is 0.612. The van der Waals surface area contributed by atoms with Gasteiger partial charge in [-0.15, -0.1) is 0 Å². The Morgan fingerprint density at radius 2 is 1.75 bits per heavy atom. The fourth-order valence-corrected chi connectivity index (χ4v) is 2.59. The van der Waals surface area contributed by atoms with E-state index in [-0.39, 0.29) is 0 Å². The minimum Gasteiger partial charge on any atom is -0.347 e. The Morgan fingerprint density at radius 1 is 1.19 bits per heavy atom. The van der Waals surface area contributed by atoms with Crippen LogP contribution in [-0.2, 0) is 25.6 Å². The van der Waals surface area contributed by atoms with Crippen LogP contribution in [0.5, 0.6) is 0 Å². The van der Waals surface area contributed by atoms with Crippen molar-refractivity contribution in [3.05, 3.63) is 35.4 Å². The topological polar surface area (TPSA) is 47.6 Å². The Hall–Kier alpha value is -1.39. The maximum Gasteiger partial charge on any atom is 0.222 e. The van der Waals surface area contributed by atoms with Crippen molar-refractivity contribution in [1.82, 2.24) is 5.32 Å². The molecule has 2 rings (SSSR count). The first-order valence-electron chi connectivity index (χ1n) is 5.08. The van der Waals surface area contributed by atoms with Gasteiger partial charge in [0, 0.05) is 19.8 Å². The van der Waals surface area contributed by atoms with E-state index in [0.717, 1.165) is 11.1 Å². The molecule has 1 N–H and O–H groups in total. The van der Waals surface area contributed by atoms with E-state index in [4.69, 9.17) is 9.47 Å². The molecule has 1 aliphatic carbocycles. The minimum absolute atomic E-state index is 0.644. The van der Waals surface area contributed by atoms with Crippen LogP contribution in [0.4, 0.5) is 0 Å². The number of ether oxygens (including phenoxy) is 2. The largest absolute Gasteiger partial charge is 0.347 e. The molecule has 1 amide bonds. The third-order valence-corrected chi connectivity index (χ3v) is 3.40. The van der Waals surface area contributed by atoms with Crippen molar-refractivity contribution in [3.8, 4) is 0 Å². The molecule has 0 saturated carbocycles. The molecule has 1 aromatic carbocycles. The zero-order valence-corrected chi connectivity index (χ0v) is 9.61. The molecule has 1 aliphatic rings. The van der Waals surface area contributed by atoms with E-state index in [1.165, 1.54) is 0 Å². The fraction of sp³-hybridized carbons (Fsp3) is 0.417. The van der Waals surface area contributed by atoms with Crippen molar-refractivity contribution in [1.29, 1.82) is 0 Å². The van der Waals surface area contributed by atoms with Crippen LogP contribution >= 0.6 is 0 Å². The highest BCUT2D eigenvalue weighted by molar-refractivity contribution is 5.58. The van der Waals surface area contributed by atoms with Gasteiger partial charge < -0.3 is 14.8 Å². The van der Waals surface area contributed by atoms with Gasteiger partial charge in [0.2, 0.25) is 12.2 Å². The Kier molecular flexibility index (Phi) is 2.48. The van der Waals surface area contributed by atoms with Crippen LogP contribution in [0.25, 0.3) is 0 Å². The summed E-state index contributed by atoms with van der Waals surface area (Å²) in [7, 11) is 3.15. The van der Waals surface area contributed by atoms with Gasteiger partial charge in [-0.1, -0.05) is 24.3 Å². The molecular formula is C12H15NO3. The maximum atomic E-state index is 10.7. The van der Waals surface area contributed by atoms with Crippen molar-refractivity contribution in [2.45, 2.75) is 18.2 Å². The first-order chi connectivity index (χ1) is 7.66. The Labute approximate surface area is 94.6 Å². The molecular weight excluding hydrogens is 206 g/mol. The monoisotopic (exact) mass is 221 g/mol. The van der Waals surface area contributed by atoms with Crippen LogP contribution in [0.1, 0.15) is 18.1 Å². The van der Waals surface area contributed by atoms with Crippen LogP contribution in [0, 0.1) is 0 Å². The van der Waals surface area contributed by atoms with E-state index in [2.05, 4.69) is 5.32 Å². The third kappa shape index (κ3) is 1.03. The standard InChI is InChI=1S/C12H15NO3/c1-11(13-8-14)9-6-4-5-7-10(9)12(11,15-2)16-3/h4-8H,1-3H3,(H,13,14). The first kappa shape index (κ1) is 11.1. The van der Waals surface area contributed by atoms with Crippen LogP contribution in [-0.4, -0.2) is 20.6 Å². The van der Waals surface area contributed by atoms with Gasteiger partial charge in [0.1, 0.15) is 5.54 Å². The summed E-state index contributed by atoms with van der Waals surface area (Å²) in [5, 5.41) is 2.78. The summed E-state index contributed by atoms with van der Waals surface area (Å²) in [6.07, 6.45) is 0.669. The summed E-state index contributed by atoms with van der Waals surface area (Å²) in [4.78, 5) is 10.7. The Morgan fingerprint density at radius 3 is 2.25 bits per heavy atom.